The van der Waals surface area contributed by atoms with Crippen LogP contribution in [-0.2, 0) is 10.4 Å². The van der Waals surface area contributed by atoms with E-state index < -0.39 is 17.0 Å². The first-order valence-corrected chi connectivity index (χ1v) is 7.07. The van der Waals surface area contributed by atoms with E-state index in [1.54, 1.807) is 31.2 Å². The number of nitrogens with zero attached hydrogens (tertiary/aromatic N) is 1. The van der Waals surface area contributed by atoms with Gasteiger partial charge in [0.05, 0.1) is 6.07 Å². The largest absolute Gasteiger partial charge is 0.478 e. The van der Waals surface area contributed by atoms with Crippen LogP contribution in [-0.4, -0.2) is 16.2 Å². The van der Waals surface area contributed by atoms with Crippen molar-refractivity contribution in [2.75, 3.05) is 0 Å². The van der Waals surface area contributed by atoms with Crippen molar-refractivity contribution in [1.82, 2.24) is 0 Å². The van der Waals surface area contributed by atoms with E-state index in [0.717, 1.165) is 12.5 Å². The molecule has 2 rings (SSSR count). The molecule has 1 fully saturated rings. The molecule has 1 aliphatic rings. The Bertz CT molecular complexity index is 699. The third-order valence-electron chi connectivity index (χ3n) is 4.09. The molecule has 0 aromatic heterocycles. The number of carboxylic acids is 1. The van der Waals surface area contributed by atoms with Crippen LogP contribution in [0.15, 0.2) is 42.0 Å². The second-order valence-corrected chi connectivity index (χ2v) is 5.54. The summed E-state index contributed by atoms with van der Waals surface area (Å²) in [6, 6.07) is 11.1. The number of hydrogen-bond donors (Lipinski definition) is 2. The summed E-state index contributed by atoms with van der Waals surface area (Å²) in [6.45, 7) is 1.56. The molecule has 1 aromatic rings. The molecule has 0 amide bonds. The van der Waals surface area contributed by atoms with Crippen molar-refractivity contribution in [3.05, 3.63) is 47.5 Å². The maximum atomic E-state index is 11.2. The maximum absolute atomic E-state index is 11.2. The summed E-state index contributed by atoms with van der Waals surface area (Å²) < 4.78 is 0. The zero-order valence-electron chi connectivity index (χ0n) is 12.3. The Labute approximate surface area is 129 Å². The van der Waals surface area contributed by atoms with Gasteiger partial charge in [-0.3, -0.25) is 0 Å². The summed E-state index contributed by atoms with van der Waals surface area (Å²) >= 11 is 0. The normalized spacial score (nSPS) is 18.9. The quantitative estimate of drug-likeness (QED) is 0.663. The Morgan fingerprint density at radius 1 is 1.36 bits per heavy atom. The molecule has 22 heavy (non-hydrogen) atoms. The molecule has 0 aliphatic heterocycles. The van der Waals surface area contributed by atoms with Crippen molar-refractivity contribution in [2.24, 2.45) is 5.41 Å². The van der Waals surface area contributed by atoms with Crippen molar-refractivity contribution >= 4 is 5.97 Å². The zero-order chi connectivity index (χ0) is 16.2. The standard InChI is InChI=1S/C18H17NO3/c1-14(12-16(20)21)8-11-18(22,15-6-3-2-4-7-15)17(13-19)9-5-10-17/h2-4,6-7,12,22H,5,9-10H2,1H3,(H,20,21)/b14-12-/t18-/m0/s1. The fourth-order valence-electron chi connectivity index (χ4n) is 2.64. The lowest BCUT2D eigenvalue weighted by Crippen LogP contribution is -2.48. The summed E-state index contributed by atoms with van der Waals surface area (Å²) in [7, 11) is 0. The van der Waals surface area contributed by atoms with Crippen LogP contribution in [0.4, 0.5) is 0 Å². The average molecular weight is 295 g/mol. The second-order valence-electron chi connectivity index (χ2n) is 5.54. The number of benzene rings is 1. The fourth-order valence-corrected chi connectivity index (χ4v) is 2.64. The van der Waals surface area contributed by atoms with Crippen LogP contribution in [0.5, 0.6) is 0 Å². The number of nitriles is 1. The van der Waals surface area contributed by atoms with Gasteiger partial charge in [0, 0.05) is 11.6 Å². The van der Waals surface area contributed by atoms with Crippen molar-refractivity contribution in [2.45, 2.75) is 31.8 Å². The van der Waals surface area contributed by atoms with Gasteiger partial charge in [-0.1, -0.05) is 42.2 Å². The molecule has 0 spiro atoms. The molecule has 0 heterocycles. The van der Waals surface area contributed by atoms with Gasteiger partial charge in [-0.2, -0.15) is 5.26 Å². The minimum atomic E-state index is -1.60. The van der Waals surface area contributed by atoms with E-state index in [1.807, 2.05) is 6.07 Å². The Hall–Kier alpha value is -2.56. The highest BCUT2D eigenvalue weighted by Crippen LogP contribution is 2.53. The van der Waals surface area contributed by atoms with E-state index in [1.165, 1.54) is 0 Å². The number of carbonyl (C=O) groups is 1. The number of allylic oxidation sites excluding steroid dienone is 1. The molecule has 112 valence electrons. The molecule has 2 N–H and O–H groups in total. The van der Waals surface area contributed by atoms with Gasteiger partial charge >= 0.3 is 5.97 Å². The molecule has 1 saturated carbocycles. The second kappa shape index (κ2) is 6.05. The van der Waals surface area contributed by atoms with E-state index in [-0.39, 0.29) is 0 Å². The van der Waals surface area contributed by atoms with Crippen molar-refractivity contribution in [3.8, 4) is 17.9 Å². The number of rotatable bonds is 3. The van der Waals surface area contributed by atoms with E-state index >= 15 is 0 Å². The molecular weight excluding hydrogens is 278 g/mol. The van der Waals surface area contributed by atoms with Gasteiger partial charge < -0.3 is 10.2 Å². The van der Waals surface area contributed by atoms with Gasteiger partial charge in [0.2, 0.25) is 0 Å². The Morgan fingerprint density at radius 2 is 2.00 bits per heavy atom. The molecule has 1 atom stereocenters. The van der Waals surface area contributed by atoms with Crippen LogP contribution in [0.3, 0.4) is 0 Å². The predicted octanol–water partition coefficient (Wildman–Crippen LogP) is 2.60. The minimum absolute atomic E-state index is 0.328. The van der Waals surface area contributed by atoms with E-state index in [4.69, 9.17) is 5.11 Å². The summed E-state index contributed by atoms with van der Waals surface area (Å²) in [4.78, 5) is 10.7. The van der Waals surface area contributed by atoms with Gasteiger partial charge in [-0.25, -0.2) is 4.79 Å². The van der Waals surface area contributed by atoms with Crippen molar-refractivity contribution in [3.63, 3.8) is 0 Å². The van der Waals surface area contributed by atoms with Crippen LogP contribution in [0.2, 0.25) is 0 Å². The molecule has 1 aliphatic carbocycles. The molecule has 0 saturated heterocycles. The molecule has 4 heteroatoms. The van der Waals surface area contributed by atoms with Gasteiger partial charge in [-0.05, 0) is 31.7 Å². The Balaban J connectivity index is 2.51. The molecule has 0 bridgehead atoms. The summed E-state index contributed by atoms with van der Waals surface area (Å²) in [5, 5.41) is 29.5. The highest BCUT2D eigenvalue weighted by atomic mass is 16.4. The smallest absolute Gasteiger partial charge is 0.329 e. The fraction of sp³-hybridized carbons (Fsp3) is 0.333. The lowest BCUT2D eigenvalue weighted by Gasteiger charge is -2.45. The number of carboxylic acid groups (broad SMARTS) is 1. The predicted molar refractivity (Wildman–Crippen MR) is 81.4 cm³/mol. The first kappa shape index (κ1) is 15.8. The molecule has 0 radical (unpaired) electrons. The molecule has 4 nitrogen and oxygen atoms in total. The number of aliphatic hydroxyl groups is 1. The summed E-state index contributed by atoms with van der Waals surface area (Å²) in [5.41, 5.74) is -1.65. The third kappa shape index (κ3) is 2.74. The van der Waals surface area contributed by atoms with Crippen LogP contribution < -0.4 is 0 Å². The zero-order valence-corrected chi connectivity index (χ0v) is 12.3. The van der Waals surface area contributed by atoms with E-state index in [0.29, 0.717) is 24.0 Å². The number of hydrogen-bond acceptors (Lipinski definition) is 3. The van der Waals surface area contributed by atoms with E-state index in [9.17, 15) is 15.2 Å². The highest BCUT2D eigenvalue weighted by molar-refractivity contribution is 5.81. The molecule has 0 unspecified atom stereocenters. The van der Waals surface area contributed by atoms with Crippen LogP contribution in [0.1, 0.15) is 31.7 Å². The van der Waals surface area contributed by atoms with Crippen LogP contribution in [0.25, 0.3) is 0 Å². The average Bonchev–Trinajstić information content (AvgIpc) is 2.45. The number of aliphatic carboxylic acids is 1. The van der Waals surface area contributed by atoms with Crippen molar-refractivity contribution in [1.29, 1.82) is 5.26 Å². The highest BCUT2D eigenvalue weighted by Gasteiger charge is 2.55. The van der Waals surface area contributed by atoms with Gasteiger partial charge in [0.25, 0.3) is 0 Å². The molecule has 1 aromatic carbocycles. The van der Waals surface area contributed by atoms with Crippen molar-refractivity contribution < 1.29 is 15.0 Å². The first-order chi connectivity index (χ1) is 10.4. The maximum Gasteiger partial charge on any atom is 0.329 e. The lowest BCUT2D eigenvalue weighted by molar-refractivity contribution is -0.131. The first-order valence-electron chi connectivity index (χ1n) is 7.07. The Kier molecular flexibility index (Phi) is 4.35. The Morgan fingerprint density at radius 3 is 2.45 bits per heavy atom. The van der Waals surface area contributed by atoms with Gasteiger partial charge in [0.15, 0.2) is 5.60 Å². The summed E-state index contributed by atoms with van der Waals surface area (Å²) in [5.74, 6) is 4.36. The summed E-state index contributed by atoms with van der Waals surface area (Å²) in [6.07, 6.45) is 3.00. The third-order valence-corrected chi connectivity index (χ3v) is 4.09. The van der Waals surface area contributed by atoms with Crippen LogP contribution >= 0.6 is 0 Å². The lowest BCUT2D eigenvalue weighted by atomic mass is 9.57. The van der Waals surface area contributed by atoms with Crippen LogP contribution in [0, 0.1) is 28.6 Å². The van der Waals surface area contributed by atoms with E-state index in [2.05, 4.69) is 17.9 Å². The SMILES string of the molecule is C/C(C#C[C@](O)(c1ccccc1)C1(C#N)CCC1)=C/C(=O)O. The van der Waals surface area contributed by atoms with Gasteiger partial charge in [-0.15, -0.1) is 0 Å². The molecular formula is C18H17NO3. The van der Waals surface area contributed by atoms with Gasteiger partial charge in [0.1, 0.15) is 5.41 Å². The monoisotopic (exact) mass is 295 g/mol. The topological polar surface area (TPSA) is 81.3 Å². The minimum Gasteiger partial charge on any atom is -0.478 e.